The molecule has 3 unspecified atom stereocenters. The van der Waals surface area contributed by atoms with E-state index in [1.54, 1.807) is 0 Å². The van der Waals surface area contributed by atoms with Crippen molar-refractivity contribution >= 4 is 5.69 Å². The third-order valence-corrected chi connectivity index (χ3v) is 4.07. The fraction of sp³-hybridized carbons (Fsp3) is 0.600. The third-order valence-electron chi connectivity index (χ3n) is 4.07. The first-order valence-electron chi connectivity index (χ1n) is 6.94. The zero-order chi connectivity index (χ0) is 12.5. The molecule has 1 aromatic rings. The zero-order valence-corrected chi connectivity index (χ0v) is 10.9. The molecule has 0 saturated carbocycles. The summed E-state index contributed by atoms with van der Waals surface area (Å²) in [6.07, 6.45) is 3.68. The summed E-state index contributed by atoms with van der Waals surface area (Å²) in [6.45, 7) is 4.01. The highest BCUT2D eigenvalue weighted by atomic mass is 16.5. The molecule has 2 aliphatic heterocycles. The van der Waals surface area contributed by atoms with E-state index >= 15 is 0 Å². The smallest absolute Gasteiger partial charge is 0.0787 e. The monoisotopic (exact) mass is 247 g/mol. The quantitative estimate of drug-likeness (QED) is 0.890. The number of nitrogens with zero attached hydrogens (tertiary/aromatic N) is 1. The van der Waals surface area contributed by atoms with Crippen molar-refractivity contribution in [1.29, 1.82) is 0 Å². The number of fused-ring (bicyclic) bond motifs is 2. The highest BCUT2D eigenvalue weighted by Crippen LogP contribution is 2.30. The summed E-state index contributed by atoms with van der Waals surface area (Å²) in [5, 5.41) is 9.79. The molecule has 1 N–H and O–H groups in total. The van der Waals surface area contributed by atoms with E-state index in [2.05, 4.69) is 17.0 Å². The number of aliphatic hydroxyl groups is 1. The van der Waals surface area contributed by atoms with Crippen LogP contribution in [0, 0.1) is 0 Å². The van der Waals surface area contributed by atoms with Gasteiger partial charge in [0.05, 0.1) is 18.3 Å². The molecule has 3 heteroatoms. The Balaban J connectivity index is 1.73. The maximum Gasteiger partial charge on any atom is 0.0787 e. The van der Waals surface area contributed by atoms with E-state index in [4.69, 9.17) is 4.74 Å². The van der Waals surface area contributed by atoms with E-state index in [1.165, 1.54) is 18.5 Å². The summed E-state index contributed by atoms with van der Waals surface area (Å²) < 4.78 is 5.85. The van der Waals surface area contributed by atoms with E-state index in [-0.39, 0.29) is 6.10 Å². The van der Waals surface area contributed by atoms with Crippen LogP contribution in [0.25, 0.3) is 0 Å². The summed E-state index contributed by atoms with van der Waals surface area (Å²) in [4.78, 5) is 2.41. The van der Waals surface area contributed by atoms with E-state index in [0.717, 1.165) is 25.1 Å². The van der Waals surface area contributed by atoms with Gasteiger partial charge in [-0.2, -0.15) is 0 Å². The van der Waals surface area contributed by atoms with Gasteiger partial charge in [-0.15, -0.1) is 0 Å². The van der Waals surface area contributed by atoms with Gasteiger partial charge < -0.3 is 14.7 Å². The Kier molecular flexibility index (Phi) is 3.27. The normalized spacial score (nSPS) is 28.4. The van der Waals surface area contributed by atoms with Crippen molar-refractivity contribution in [3.63, 3.8) is 0 Å². The number of aliphatic hydroxyl groups excluding tert-OH is 1. The Morgan fingerprint density at radius 3 is 2.39 bits per heavy atom. The molecule has 2 aliphatic rings. The largest absolute Gasteiger partial charge is 0.388 e. The van der Waals surface area contributed by atoms with Crippen molar-refractivity contribution < 1.29 is 9.84 Å². The van der Waals surface area contributed by atoms with Crippen molar-refractivity contribution in [2.45, 2.75) is 44.5 Å². The Hall–Kier alpha value is -1.06. The van der Waals surface area contributed by atoms with Crippen LogP contribution in [0.5, 0.6) is 0 Å². The van der Waals surface area contributed by atoms with Gasteiger partial charge in [0.2, 0.25) is 0 Å². The molecule has 0 aromatic heterocycles. The predicted molar refractivity (Wildman–Crippen MR) is 71.8 cm³/mol. The fourth-order valence-electron chi connectivity index (χ4n) is 2.97. The van der Waals surface area contributed by atoms with Gasteiger partial charge >= 0.3 is 0 Å². The number of hydrogen-bond donors (Lipinski definition) is 1. The molecule has 0 spiro atoms. The molecule has 3 nitrogen and oxygen atoms in total. The van der Waals surface area contributed by atoms with E-state index in [1.807, 2.05) is 19.1 Å². The molecule has 0 aliphatic carbocycles. The molecule has 1 aromatic carbocycles. The summed E-state index contributed by atoms with van der Waals surface area (Å²) in [7, 11) is 0. The minimum absolute atomic E-state index is 0.333. The average molecular weight is 247 g/mol. The van der Waals surface area contributed by atoms with Crippen molar-refractivity contribution in [3.8, 4) is 0 Å². The molecule has 0 radical (unpaired) electrons. The van der Waals surface area contributed by atoms with E-state index < -0.39 is 0 Å². The number of ether oxygens (including phenoxy) is 1. The second-order valence-electron chi connectivity index (χ2n) is 5.38. The lowest BCUT2D eigenvalue weighted by molar-refractivity contribution is 0.0305. The molecule has 2 saturated heterocycles. The van der Waals surface area contributed by atoms with Crippen molar-refractivity contribution in [2.24, 2.45) is 0 Å². The topological polar surface area (TPSA) is 32.7 Å². The van der Waals surface area contributed by atoms with Gasteiger partial charge in [0.1, 0.15) is 0 Å². The van der Waals surface area contributed by atoms with Gasteiger partial charge in [-0.1, -0.05) is 19.1 Å². The standard InChI is InChI=1S/C15H21NO2/c1-2-15(17)11-3-5-12(6-4-11)16-9-13-7-8-14(10-16)18-13/h3-6,13-15,17H,2,7-10H2,1H3. The Bertz CT molecular complexity index is 391. The van der Waals surface area contributed by atoms with Crippen molar-refractivity contribution in [1.82, 2.24) is 0 Å². The molecule has 0 amide bonds. The lowest BCUT2D eigenvalue weighted by Crippen LogP contribution is -2.42. The van der Waals surface area contributed by atoms with Crippen LogP contribution >= 0.6 is 0 Å². The Morgan fingerprint density at radius 2 is 1.83 bits per heavy atom. The second-order valence-corrected chi connectivity index (χ2v) is 5.38. The second kappa shape index (κ2) is 4.90. The summed E-state index contributed by atoms with van der Waals surface area (Å²) in [6, 6.07) is 8.33. The van der Waals surface area contributed by atoms with Crippen LogP contribution in [-0.2, 0) is 4.74 Å². The van der Waals surface area contributed by atoms with Gasteiger partial charge in [-0.05, 0) is 37.0 Å². The van der Waals surface area contributed by atoms with Crippen LogP contribution < -0.4 is 4.90 Å². The molecule has 3 rings (SSSR count). The molecular formula is C15H21NO2. The number of hydrogen-bond acceptors (Lipinski definition) is 3. The Morgan fingerprint density at radius 1 is 1.22 bits per heavy atom. The highest BCUT2D eigenvalue weighted by Gasteiger charge is 2.33. The van der Waals surface area contributed by atoms with E-state index in [0.29, 0.717) is 12.2 Å². The lowest BCUT2D eigenvalue weighted by atomic mass is 10.1. The first-order chi connectivity index (χ1) is 8.76. The van der Waals surface area contributed by atoms with Gasteiger partial charge in [-0.25, -0.2) is 0 Å². The van der Waals surface area contributed by atoms with Gasteiger partial charge in [-0.3, -0.25) is 0 Å². The summed E-state index contributed by atoms with van der Waals surface area (Å²) in [5.74, 6) is 0. The summed E-state index contributed by atoms with van der Waals surface area (Å²) in [5.41, 5.74) is 2.26. The Labute approximate surface area is 108 Å². The number of benzene rings is 1. The van der Waals surface area contributed by atoms with Crippen LogP contribution in [0.3, 0.4) is 0 Å². The highest BCUT2D eigenvalue weighted by molar-refractivity contribution is 5.48. The van der Waals surface area contributed by atoms with Crippen LogP contribution in [0.15, 0.2) is 24.3 Å². The van der Waals surface area contributed by atoms with Crippen molar-refractivity contribution in [3.05, 3.63) is 29.8 Å². The molecule has 2 fully saturated rings. The molecule has 98 valence electrons. The van der Waals surface area contributed by atoms with Crippen molar-refractivity contribution in [2.75, 3.05) is 18.0 Å². The maximum absolute atomic E-state index is 9.79. The van der Waals surface area contributed by atoms with Crippen LogP contribution in [0.2, 0.25) is 0 Å². The first-order valence-corrected chi connectivity index (χ1v) is 6.94. The van der Waals surface area contributed by atoms with Gasteiger partial charge in [0.15, 0.2) is 0 Å². The van der Waals surface area contributed by atoms with Crippen LogP contribution in [0.4, 0.5) is 5.69 Å². The van der Waals surface area contributed by atoms with Gasteiger partial charge in [0, 0.05) is 18.8 Å². The zero-order valence-electron chi connectivity index (χ0n) is 10.9. The number of anilines is 1. The SMILES string of the molecule is CCC(O)c1ccc(N2CC3CCC(C2)O3)cc1. The lowest BCUT2D eigenvalue weighted by Gasteiger charge is -2.34. The molecule has 2 bridgehead atoms. The minimum atomic E-state index is -0.333. The average Bonchev–Trinajstić information content (AvgIpc) is 2.77. The third kappa shape index (κ3) is 2.25. The molecule has 3 atom stereocenters. The molecule has 2 heterocycles. The van der Waals surface area contributed by atoms with E-state index in [9.17, 15) is 5.11 Å². The maximum atomic E-state index is 9.79. The first kappa shape index (κ1) is 12.0. The fourth-order valence-corrected chi connectivity index (χ4v) is 2.97. The van der Waals surface area contributed by atoms with Gasteiger partial charge in [0.25, 0.3) is 0 Å². The van der Waals surface area contributed by atoms with Crippen LogP contribution in [0.1, 0.15) is 37.9 Å². The predicted octanol–water partition coefficient (Wildman–Crippen LogP) is 2.50. The molecule has 18 heavy (non-hydrogen) atoms. The summed E-state index contributed by atoms with van der Waals surface area (Å²) >= 11 is 0. The number of rotatable bonds is 3. The molecular weight excluding hydrogens is 226 g/mol. The number of morpholine rings is 1. The van der Waals surface area contributed by atoms with Crippen LogP contribution in [-0.4, -0.2) is 30.4 Å². The minimum Gasteiger partial charge on any atom is -0.388 e.